The van der Waals surface area contributed by atoms with E-state index in [-0.39, 0.29) is 13.1 Å². The predicted octanol–water partition coefficient (Wildman–Crippen LogP) is 2.20. The van der Waals surface area contributed by atoms with Gasteiger partial charge in [-0.2, -0.15) is 17.4 Å². The van der Waals surface area contributed by atoms with Crippen molar-refractivity contribution >= 4 is 10.2 Å². The van der Waals surface area contributed by atoms with Crippen LogP contribution in [0.5, 0.6) is 0 Å². The predicted molar refractivity (Wildman–Crippen MR) is 93.4 cm³/mol. The topological polar surface area (TPSA) is 88.3 Å². The Labute approximate surface area is 146 Å². The SMILES string of the molecule is CN(Cc1cc(-c2ccccn2)no1)S(=O)(=O)NCc1ccccc1. The smallest absolute Gasteiger partial charge is 0.279 e. The fraction of sp³-hybridized carbons (Fsp3) is 0.176. The number of hydrogen-bond acceptors (Lipinski definition) is 5. The average molecular weight is 358 g/mol. The van der Waals surface area contributed by atoms with Crippen LogP contribution in [0.4, 0.5) is 0 Å². The van der Waals surface area contributed by atoms with E-state index in [2.05, 4.69) is 14.9 Å². The number of hydrogen-bond donors (Lipinski definition) is 1. The third kappa shape index (κ3) is 4.50. The maximum absolute atomic E-state index is 12.3. The van der Waals surface area contributed by atoms with Crippen molar-refractivity contribution in [3.63, 3.8) is 0 Å². The standard InChI is InChI=1S/C17H18N4O3S/c1-21(25(22,23)19-12-14-7-3-2-4-8-14)13-15-11-17(20-24-15)16-9-5-6-10-18-16/h2-11,19H,12-13H2,1H3. The summed E-state index contributed by atoms with van der Waals surface area (Å²) in [6, 6.07) is 16.5. The normalized spacial score (nSPS) is 11.8. The minimum atomic E-state index is -3.63. The van der Waals surface area contributed by atoms with Crippen LogP contribution in [0.2, 0.25) is 0 Å². The van der Waals surface area contributed by atoms with Crippen molar-refractivity contribution in [2.75, 3.05) is 7.05 Å². The molecule has 0 bridgehead atoms. The number of aromatic nitrogens is 2. The Hall–Kier alpha value is -2.55. The van der Waals surface area contributed by atoms with Crippen molar-refractivity contribution < 1.29 is 12.9 Å². The van der Waals surface area contributed by atoms with Crippen LogP contribution in [-0.4, -0.2) is 29.9 Å². The van der Waals surface area contributed by atoms with Crippen LogP contribution >= 0.6 is 0 Å². The quantitative estimate of drug-likeness (QED) is 0.699. The molecule has 8 heteroatoms. The molecule has 3 rings (SSSR count). The molecule has 0 aliphatic carbocycles. The van der Waals surface area contributed by atoms with E-state index in [4.69, 9.17) is 4.52 Å². The zero-order valence-corrected chi connectivity index (χ0v) is 14.5. The second-order valence-electron chi connectivity index (χ2n) is 5.46. The molecule has 2 heterocycles. The first-order valence-electron chi connectivity index (χ1n) is 7.66. The molecule has 0 aliphatic heterocycles. The van der Waals surface area contributed by atoms with Crippen molar-refractivity contribution in [3.8, 4) is 11.4 Å². The Kier molecular flexibility index (Phi) is 5.22. The van der Waals surface area contributed by atoms with Gasteiger partial charge >= 0.3 is 0 Å². The molecule has 1 aromatic carbocycles. The van der Waals surface area contributed by atoms with E-state index in [9.17, 15) is 8.42 Å². The Morgan fingerprint density at radius 1 is 1.08 bits per heavy atom. The molecular weight excluding hydrogens is 340 g/mol. The molecule has 0 atom stereocenters. The van der Waals surface area contributed by atoms with Gasteiger partial charge in [0.25, 0.3) is 10.2 Å². The molecule has 0 radical (unpaired) electrons. The van der Waals surface area contributed by atoms with E-state index in [1.807, 2.05) is 48.5 Å². The third-order valence-corrected chi connectivity index (χ3v) is 5.04. The molecule has 7 nitrogen and oxygen atoms in total. The molecule has 2 aromatic heterocycles. The number of nitrogens with zero attached hydrogens (tertiary/aromatic N) is 3. The van der Waals surface area contributed by atoms with Gasteiger partial charge < -0.3 is 4.52 Å². The summed E-state index contributed by atoms with van der Waals surface area (Å²) in [5.74, 6) is 0.438. The molecule has 0 amide bonds. The van der Waals surface area contributed by atoms with Crippen molar-refractivity contribution in [1.29, 1.82) is 0 Å². The molecular formula is C17H18N4O3S. The zero-order valence-electron chi connectivity index (χ0n) is 13.7. The summed E-state index contributed by atoms with van der Waals surface area (Å²) in [6.07, 6.45) is 1.66. The lowest BCUT2D eigenvalue weighted by Gasteiger charge is -2.16. The van der Waals surface area contributed by atoms with Gasteiger partial charge in [-0.15, -0.1) is 0 Å². The van der Waals surface area contributed by atoms with Crippen molar-refractivity contribution in [1.82, 2.24) is 19.2 Å². The molecule has 0 unspecified atom stereocenters. The first-order chi connectivity index (χ1) is 12.0. The van der Waals surface area contributed by atoms with Crippen molar-refractivity contribution in [2.45, 2.75) is 13.1 Å². The van der Waals surface area contributed by atoms with E-state index in [0.29, 0.717) is 17.1 Å². The van der Waals surface area contributed by atoms with E-state index in [1.54, 1.807) is 12.3 Å². The fourth-order valence-corrected chi connectivity index (χ4v) is 3.07. The Bertz CT molecular complexity index is 911. The van der Waals surface area contributed by atoms with Crippen LogP contribution in [0, 0.1) is 0 Å². The summed E-state index contributed by atoms with van der Waals surface area (Å²) in [5, 5.41) is 3.94. The Balaban J connectivity index is 1.63. The van der Waals surface area contributed by atoms with Crippen LogP contribution in [0.25, 0.3) is 11.4 Å². The van der Waals surface area contributed by atoms with Gasteiger partial charge in [-0.25, -0.2) is 0 Å². The molecule has 0 saturated heterocycles. The summed E-state index contributed by atoms with van der Waals surface area (Å²) in [6.45, 7) is 0.299. The van der Waals surface area contributed by atoms with E-state index >= 15 is 0 Å². The van der Waals surface area contributed by atoms with E-state index in [0.717, 1.165) is 5.56 Å². The second kappa shape index (κ2) is 7.56. The van der Waals surface area contributed by atoms with Gasteiger partial charge in [0, 0.05) is 25.9 Å². The van der Waals surface area contributed by atoms with Gasteiger partial charge in [0.2, 0.25) is 0 Å². The Morgan fingerprint density at radius 3 is 2.56 bits per heavy atom. The van der Waals surface area contributed by atoms with Gasteiger partial charge in [0.05, 0.1) is 12.2 Å². The Morgan fingerprint density at radius 2 is 1.84 bits per heavy atom. The summed E-state index contributed by atoms with van der Waals surface area (Å²) >= 11 is 0. The average Bonchev–Trinajstić information content (AvgIpc) is 3.10. The fourth-order valence-electron chi connectivity index (χ4n) is 2.21. The number of pyridine rings is 1. The molecule has 0 fully saturated rings. The first kappa shape index (κ1) is 17.3. The summed E-state index contributed by atoms with van der Waals surface area (Å²) in [7, 11) is -2.15. The minimum absolute atomic E-state index is 0.0734. The van der Waals surface area contributed by atoms with Crippen LogP contribution in [0.3, 0.4) is 0 Å². The molecule has 0 aliphatic rings. The third-order valence-electron chi connectivity index (χ3n) is 3.58. The maximum atomic E-state index is 12.3. The van der Waals surface area contributed by atoms with Gasteiger partial charge in [-0.3, -0.25) is 4.98 Å². The number of rotatable bonds is 7. The largest absolute Gasteiger partial charge is 0.359 e. The molecule has 0 spiro atoms. The maximum Gasteiger partial charge on any atom is 0.279 e. The van der Waals surface area contributed by atoms with Crippen LogP contribution in [0.15, 0.2) is 65.3 Å². The molecule has 25 heavy (non-hydrogen) atoms. The monoisotopic (exact) mass is 358 g/mol. The van der Waals surface area contributed by atoms with Gasteiger partial charge in [-0.1, -0.05) is 41.6 Å². The van der Waals surface area contributed by atoms with Gasteiger partial charge in [-0.05, 0) is 17.7 Å². The highest BCUT2D eigenvalue weighted by Gasteiger charge is 2.19. The summed E-state index contributed by atoms with van der Waals surface area (Å²) in [4.78, 5) is 4.19. The van der Waals surface area contributed by atoms with Crippen LogP contribution < -0.4 is 4.72 Å². The minimum Gasteiger partial charge on any atom is -0.359 e. The molecule has 3 aromatic rings. The van der Waals surface area contributed by atoms with Crippen LogP contribution in [-0.2, 0) is 23.3 Å². The van der Waals surface area contributed by atoms with E-state index in [1.165, 1.54) is 11.4 Å². The number of nitrogens with one attached hydrogen (secondary N) is 1. The lowest BCUT2D eigenvalue weighted by atomic mass is 10.2. The summed E-state index contributed by atoms with van der Waals surface area (Å²) < 4.78 is 33.6. The highest BCUT2D eigenvalue weighted by molar-refractivity contribution is 7.87. The van der Waals surface area contributed by atoms with E-state index < -0.39 is 10.2 Å². The highest BCUT2D eigenvalue weighted by atomic mass is 32.2. The second-order valence-corrected chi connectivity index (χ2v) is 7.32. The first-order valence-corrected chi connectivity index (χ1v) is 9.10. The van der Waals surface area contributed by atoms with Crippen LogP contribution in [0.1, 0.15) is 11.3 Å². The summed E-state index contributed by atoms with van der Waals surface area (Å²) in [5.41, 5.74) is 2.13. The van der Waals surface area contributed by atoms with Crippen molar-refractivity contribution in [2.24, 2.45) is 0 Å². The van der Waals surface area contributed by atoms with Gasteiger partial charge in [0.15, 0.2) is 5.76 Å². The number of benzene rings is 1. The highest BCUT2D eigenvalue weighted by Crippen LogP contribution is 2.17. The molecule has 1 N–H and O–H groups in total. The molecule has 130 valence electrons. The molecule has 0 saturated carbocycles. The van der Waals surface area contributed by atoms with Crippen molar-refractivity contribution in [3.05, 3.63) is 72.1 Å². The lowest BCUT2D eigenvalue weighted by Crippen LogP contribution is -2.37. The lowest BCUT2D eigenvalue weighted by molar-refractivity contribution is 0.342. The van der Waals surface area contributed by atoms with Gasteiger partial charge in [0.1, 0.15) is 5.69 Å². The zero-order chi connectivity index (χ0) is 17.7.